The maximum atomic E-state index is 6.15. The maximum Gasteiger partial charge on any atom is 0.227 e. The van der Waals surface area contributed by atoms with E-state index in [-0.39, 0.29) is 0 Å². The molecule has 2 aromatic carbocycles. The molecular formula is C17H13ClN4O. The number of aromatic amines is 1. The Morgan fingerprint density at radius 1 is 0.957 bits per heavy atom. The van der Waals surface area contributed by atoms with Crippen LogP contribution in [0.4, 0.5) is 0 Å². The molecule has 0 amide bonds. The lowest BCUT2D eigenvalue weighted by Crippen LogP contribution is -1.93. The SMILES string of the molecule is Clc1ccccc1-c1noc(CCc2nc3ccccc3[nH]2)n1. The van der Waals surface area contributed by atoms with Crippen LogP contribution in [-0.4, -0.2) is 20.1 Å². The average Bonchev–Trinajstić information content (AvgIpc) is 3.19. The normalized spacial score (nSPS) is 11.2. The predicted octanol–water partition coefficient (Wildman–Crippen LogP) is 4.05. The number of hydrogen-bond donors (Lipinski definition) is 1. The number of fused-ring (bicyclic) bond motifs is 1. The summed E-state index contributed by atoms with van der Waals surface area (Å²) in [4.78, 5) is 12.2. The van der Waals surface area contributed by atoms with Crippen molar-refractivity contribution in [3.63, 3.8) is 0 Å². The summed E-state index contributed by atoms with van der Waals surface area (Å²) in [6, 6.07) is 15.4. The van der Waals surface area contributed by atoms with E-state index < -0.39 is 0 Å². The number of imidazole rings is 1. The third-order valence-corrected chi connectivity index (χ3v) is 3.93. The number of nitrogens with one attached hydrogen (secondary N) is 1. The minimum atomic E-state index is 0.509. The van der Waals surface area contributed by atoms with E-state index in [2.05, 4.69) is 20.1 Å². The molecule has 23 heavy (non-hydrogen) atoms. The van der Waals surface area contributed by atoms with Gasteiger partial charge in [0.05, 0.1) is 16.1 Å². The summed E-state index contributed by atoms with van der Waals surface area (Å²) in [5.41, 5.74) is 2.77. The van der Waals surface area contributed by atoms with E-state index in [1.807, 2.05) is 42.5 Å². The van der Waals surface area contributed by atoms with E-state index in [4.69, 9.17) is 16.1 Å². The predicted molar refractivity (Wildman–Crippen MR) is 88.2 cm³/mol. The van der Waals surface area contributed by atoms with Gasteiger partial charge in [0, 0.05) is 18.4 Å². The quantitative estimate of drug-likeness (QED) is 0.615. The zero-order chi connectivity index (χ0) is 15.6. The molecule has 2 heterocycles. The zero-order valence-corrected chi connectivity index (χ0v) is 12.9. The highest BCUT2D eigenvalue weighted by Gasteiger charge is 2.12. The van der Waals surface area contributed by atoms with Crippen LogP contribution in [-0.2, 0) is 12.8 Å². The van der Waals surface area contributed by atoms with Crippen molar-refractivity contribution in [2.45, 2.75) is 12.8 Å². The Morgan fingerprint density at radius 2 is 1.78 bits per heavy atom. The van der Waals surface area contributed by atoms with Gasteiger partial charge in [0.25, 0.3) is 0 Å². The van der Waals surface area contributed by atoms with E-state index in [0.29, 0.717) is 29.6 Å². The molecule has 2 aromatic heterocycles. The third-order valence-electron chi connectivity index (χ3n) is 3.60. The second kappa shape index (κ2) is 5.85. The third kappa shape index (κ3) is 2.83. The Bertz CT molecular complexity index is 927. The number of aryl methyl sites for hydroxylation is 2. The number of H-pyrrole nitrogens is 1. The molecule has 0 radical (unpaired) electrons. The van der Waals surface area contributed by atoms with Crippen molar-refractivity contribution >= 4 is 22.6 Å². The van der Waals surface area contributed by atoms with Gasteiger partial charge >= 0.3 is 0 Å². The smallest absolute Gasteiger partial charge is 0.227 e. The van der Waals surface area contributed by atoms with Crippen LogP contribution < -0.4 is 0 Å². The minimum absolute atomic E-state index is 0.509. The van der Waals surface area contributed by atoms with Crippen molar-refractivity contribution in [1.29, 1.82) is 0 Å². The second-order valence-corrected chi connectivity index (χ2v) is 5.60. The van der Waals surface area contributed by atoms with Gasteiger partial charge in [-0.15, -0.1) is 0 Å². The van der Waals surface area contributed by atoms with Crippen LogP contribution in [0.3, 0.4) is 0 Å². The van der Waals surface area contributed by atoms with Crippen LogP contribution in [0.1, 0.15) is 11.7 Å². The topological polar surface area (TPSA) is 67.6 Å². The van der Waals surface area contributed by atoms with Gasteiger partial charge in [-0.1, -0.05) is 41.0 Å². The van der Waals surface area contributed by atoms with Crippen LogP contribution in [0.2, 0.25) is 5.02 Å². The van der Waals surface area contributed by atoms with E-state index in [9.17, 15) is 0 Å². The summed E-state index contributed by atoms with van der Waals surface area (Å²) in [6.07, 6.45) is 1.33. The highest BCUT2D eigenvalue weighted by molar-refractivity contribution is 6.33. The Morgan fingerprint density at radius 3 is 2.65 bits per heavy atom. The summed E-state index contributed by atoms with van der Waals surface area (Å²) in [7, 11) is 0. The molecule has 0 saturated heterocycles. The van der Waals surface area contributed by atoms with Crippen molar-refractivity contribution in [2.24, 2.45) is 0 Å². The standard InChI is InChI=1S/C17H13ClN4O/c18-12-6-2-1-5-11(12)17-21-16(23-22-17)10-9-15-19-13-7-3-4-8-14(13)20-15/h1-8H,9-10H2,(H,19,20). The Labute approximate surface area is 137 Å². The number of benzene rings is 2. The van der Waals surface area contributed by atoms with Gasteiger partial charge in [-0.3, -0.25) is 0 Å². The Kier molecular flexibility index (Phi) is 3.55. The fourth-order valence-corrected chi connectivity index (χ4v) is 2.68. The number of rotatable bonds is 4. The second-order valence-electron chi connectivity index (χ2n) is 5.19. The van der Waals surface area contributed by atoms with Gasteiger partial charge in [0.1, 0.15) is 5.82 Å². The molecule has 5 nitrogen and oxygen atoms in total. The van der Waals surface area contributed by atoms with Crippen molar-refractivity contribution < 1.29 is 4.52 Å². The highest BCUT2D eigenvalue weighted by atomic mass is 35.5. The average molecular weight is 325 g/mol. The molecule has 6 heteroatoms. The summed E-state index contributed by atoms with van der Waals surface area (Å²) in [5, 5.41) is 4.61. The molecule has 4 aromatic rings. The first-order valence-electron chi connectivity index (χ1n) is 7.31. The van der Waals surface area contributed by atoms with Gasteiger partial charge in [-0.05, 0) is 24.3 Å². The lowest BCUT2D eigenvalue weighted by Gasteiger charge is -1.96. The van der Waals surface area contributed by atoms with E-state index in [1.165, 1.54) is 0 Å². The largest absolute Gasteiger partial charge is 0.342 e. The minimum Gasteiger partial charge on any atom is -0.342 e. The van der Waals surface area contributed by atoms with Gasteiger partial charge in [0.2, 0.25) is 11.7 Å². The summed E-state index contributed by atoms with van der Waals surface area (Å²) >= 11 is 6.15. The number of aromatic nitrogens is 4. The number of para-hydroxylation sites is 2. The Hall–Kier alpha value is -2.66. The molecule has 4 rings (SSSR count). The number of nitrogens with zero attached hydrogens (tertiary/aromatic N) is 3. The molecule has 1 N–H and O–H groups in total. The number of halogens is 1. The van der Waals surface area contributed by atoms with Crippen LogP contribution in [0.5, 0.6) is 0 Å². The first kappa shape index (κ1) is 14.0. The monoisotopic (exact) mass is 324 g/mol. The van der Waals surface area contributed by atoms with Gasteiger partial charge < -0.3 is 9.51 Å². The first-order valence-corrected chi connectivity index (χ1v) is 7.68. The summed E-state index contributed by atoms with van der Waals surface area (Å²) in [5.74, 6) is 1.99. The molecule has 0 atom stereocenters. The molecule has 0 aliphatic rings. The molecule has 0 aliphatic carbocycles. The van der Waals surface area contributed by atoms with Crippen LogP contribution in [0, 0.1) is 0 Å². The van der Waals surface area contributed by atoms with Crippen molar-refractivity contribution in [3.05, 3.63) is 65.3 Å². The fraction of sp³-hybridized carbons (Fsp3) is 0.118. The van der Waals surface area contributed by atoms with Crippen LogP contribution in [0.15, 0.2) is 53.1 Å². The summed E-state index contributed by atoms with van der Waals surface area (Å²) < 4.78 is 5.31. The molecule has 114 valence electrons. The molecule has 0 fully saturated rings. The van der Waals surface area contributed by atoms with Crippen LogP contribution in [0.25, 0.3) is 22.4 Å². The fourth-order valence-electron chi connectivity index (χ4n) is 2.46. The lowest BCUT2D eigenvalue weighted by atomic mass is 10.2. The van der Waals surface area contributed by atoms with Gasteiger partial charge in [-0.2, -0.15) is 4.98 Å². The van der Waals surface area contributed by atoms with E-state index in [1.54, 1.807) is 6.07 Å². The van der Waals surface area contributed by atoms with Crippen LogP contribution >= 0.6 is 11.6 Å². The van der Waals surface area contributed by atoms with E-state index >= 15 is 0 Å². The molecular weight excluding hydrogens is 312 g/mol. The molecule has 0 bridgehead atoms. The van der Waals surface area contributed by atoms with Crippen molar-refractivity contribution in [3.8, 4) is 11.4 Å². The van der Waals surface area contributed by atoms with Gasteiger partial charge in [0.15, 0.2) is 0 Å². The zero-order valence-electron chi connectivity index (χ0n) is 12.2. The van der Waals surface area contributed by atoms with Crippen molar-refractivity contribution in [2.75, 3.05) is 0 Å². The van der Waals surface area contributed by atoms with Gasteiger partial charge in [-0.25, -0.2) is 4.98 Å². The summed E-state index contributed by atoms with van der Waals surface area (Å²) in [6.45, 7) is 0. The Balaban J connectivity index is 1.51. The molecule has 0 unspecified atom stereocenters. The highest BCUT2D eigenvalue weighted by Crippen LogP contribution is 2.25. The molecule has 0 spiro atoms. The molecule has 0 aliphatic heterocycles. The maximum absolute atomic E-state index is 6.15. The number of hydrogen-bond acceptors (Lipinski definition) is 4. The van der Waals surface area contributed by atoms with E-state index in [0.717, 1.165) is 22.4 Å². The lowest BCUT2D eigenvalue weighted by molar-refractivity contribution is 0.378. The first-order chi connectivity index (χ1) is 11.3. The van der Waals surface area contributed by atoms with Crippen molar-refractivity contribution in [1.82, 2.24) is 20.1 Å². The molecule has 0 saturated carbocycles.